The summed E-state index contributed by atoms with van der Waals surface area (Å²) in [4.78, 5) is 21.8. The SMILES string of the molecule is COCc1ccc(C(C)=O)cc1C(=O)[O-]. The van der Waals surface area contributed by atoms with Gasteiger partial charge in [-0.1, -0.05) is 12.1 Å². The Morgan fingerprint density at radius 3 is 2.53 bits per heavy atom. The lowest BCUT2D eigenvalue weighted by Crippen LogP contribution is -2.24. The van der Waals surface area contributed by atoms with Crippen molar-refractivity contribution in [1.29, 1.82) is 0 Å². The molecule has 0 atom stereocenters. The van der Waals surface area contributed by atoms with Crippen LogP contribution in [0, 0.1) is 0 Å². The average molecular weight is 207 g/mol. The molecule has 0 saturated carbocycles. The molecule has 1 aromatic rings. The molecule has 0 saturated heterocycles. The van der Waals surface area contributed by atoms with Gasteiger partial charge in [0.25, 0.3) is 0 Å². The van der Waals surface area contributed by atoms with Gasteiger partial charge in [0.15, 0.2) is 5.78 Å². The Morgan fingerprint density at radius 1 is 1.40 bits per heavy atom. The molecule has 0 aliphatic heterocycles. The van der Waals surface area contributed by atoms with Crippen molar-refractivity contribution in [1.82, 2.24) is 0 Å². The van der Waals surface area contributed by atoms with Crippen LogP contribution in [0.1, 0.15) is 33.2 Å². The van der Waals surface area contributed by atoms with Gasteiger partial charge in [0.1, 0.15) is 0 Å². The summed E-state index contributed by atoms with van der Waals surface area (Å²) in [7, 11) is 1.47. The zero-order chi connectivity index (χ0) is 11.4. The van der Waals surface area contributed by atoms with E-state index in [1.807, 2.05) is 0 Å². The van der Waals surface area contributed by atoms with Crippen LogP contribution in [-0.4, -0.2) is 18.9 Å². The maximum atomic E-state index is 11.0. The predicted molar refractivity (Wildman–Crippen MR) is 51.5 cm³/mol. The van der Waals surface area contributed by atoms with Crippen LogP contribution < -0.4 is 5.11 Å². The number of benzene rings is 1. The van der Waals surface area contributed by atoms with Crippen LogP contribution in [0.4, 0.5) is 0 Å². The van der Waals surface area contributed by atoms with Crippen LogP contribution in [-0.2, 0) is 11.3 Å². The number of ether oxygens (including phenoxy) is 1. The predicted octanol–water partition coefficient (Wildman–Crippen LogP) is 0.399. The van der Waals surface area contributed by atoms with Crippen LogP contribution >= 0.6 is 0 Å². The summed E-state index contributed by atoms with van der Waals surface area (Å²) in [6.45, 7) is 1.56. The van der Waals surface area contributed by atoms with Gasteiger partial charge >= 0.3 is 0 Å². The maximum absolute atomic E-state index is 11.0. The van der Waals surface area contributed by atoms with Gasteiger partial charge < -0.3 is 14.6 Å². The molecule has 0 aromatic heterocycles. The molecular formula is C11H11O4-. The molecule has 1 rings (SSSR count). The van der Waals surface area contributed by atoms with E-state index in [0.717, 1.165) is 0 Å². The van der Waals surface area contributed by atoms with Gasteiger partial charge in [-0.2, -0.15) is 0 Å². The number of hydrogen-bond donors (Lipinski definition) is 0. The van der Waals surface area contributed by atoms with E-state index in [9.17, 15) is 14.7 Å². The fourth-order valence-corrected chi connectivity index (χ4v) is 1.27. The van der Waals surface area contributed by atoms with Gasteiger partial charge in [0.2, 0.25) is 0 Å². The van der Waals surface area contributed by atoms with Gasteiger partial charge in [-0.05, 0) is 18.6 Å². The minimum absolute atomic E-state index is 0.00421. The summed E-state index contributed by atoms with van der Waals surface area (Å²) < 4.78 is 4.84. The number of carboxylic acids is 1. The number of Topliss-reactive ketones (excluding diaryl/α,β-unsaturated/α-hetero) is 1. The molecule has 0 unspecified atom stereocenters. The highest BCUT2D eigenvalue weighted by molar-refractivity contribution is 5.97. The standard InChI is InChI=1S/C11H12O4/c1-7(12)8-3-4-9(6-15-2)10(5-8)11(13)14/h3-5H,6H2,1-2H3,(H,13,14)/p-1. The Morgan fingerprint density at radius 2 is 2.07 bits per heavy atom. The van der Waals surface area contributed by atoms with Crippen molar-refractivity contribution in [2.24, 2.45) is 0 Å². The highest BCUT2D eigenvalue weighted by Gasteiger charge is 2.07. The molecule has 0 fully saturated rings. The monoisotopic (exact) mass is 207 g/mol. The third-order valence-corrected chi connectivity index (χ3v) is 2.04. The van der Waals surface area contributed by atoms with Gasteiger partial charge in [-0.25, -0.2) is 0 Å². The maximum Gasteiger partial charge on any atom is 0.159 e. The van der Waals surface area contributed by atoms with E-state index in [2.05, 4.69) is 0 Å². The molecule has 0 spiro atoms. The summed E-state index contributed by atoms with van der Waals surface area (Å²) in [5, 5.41) is 10.8. The quantitative estimate of drug-likeness (QED) is 0.670. The summed E-state index contributed by atoms with van der Waals surface area (Å²) in [5.41, 5.74) is 0.862. The van der Waals surface area contributed by atoms with Crippen molar-refractivity contribution in [2.75, 3.05) is 7.11 Å². The van der Waals surface area contributed by atoms with Crippen LogP contribution in [0.5, 0.6) is 0 Å². The van der Waals surface area contributed by atoms with Gasteiger partial charge in [0, 0.05) is 18.2 Å². The van der Waals surface area contributed by atoms with E-state index < -0.39 is 5.97 Å². The van der Waals surface area contributed by atoms with Gasteiger partial charge in [-0.15, -0.1) is 0 Å². The molecule has 15 heavy (non-hydrogen) atoms. The molecule has 0 heterocycles. The fraction of sp³-hybridized carbons (Fsp3) is 0.273. The Bertz CT molecular complexity index is 396. The molecule has 4 heteroatoms. The summed E-state index contributed by atoms with van der Waals surface area (Å²) in [5.74, 6) is -1.48. The average Bonchev–Trinajstić information content (AvgIpc) is 2.18. The fourth-order valence-electron chi connectivity index (χ4n) is 1.27. The second-order valence-corrected chi connectivity index (χ2v) is 3.15. The number of carbonyl (C=O) groups is 2. The minimum Gasteiger partial charge on any atom is -0.545 e. The van der Waals surface area contributed by atoms with Gasteiger partial charge in [0.05, 0.1) is 12.6 Å². The van der Waals surface area contributed by atoms with E-state index >= 15 is 0 Å². The highest BCUT2D eigenvalue weighted by Crippen LogP contribution is 2.13. The van der Waals surface area contributed by atoms with E-state index in [4.69, 9.17) is 4.74 Å². The normalized spacial score (nSPS) is 10.0. The number of methoxy groups -OCH3 is 1. The molecule has 0 radical (unpaired) electrons. The minimum atomic E-state index is -1.30. The first-order valence-corrected chi connectivity index (χ1v) is 4.40. The van der Waals surface area contributed by atoms with Crippen molar-refractivity contribution in [2.45, 2.75) is 13.5 Å². The lowest BCUT2D eigenvalue weighted by Gasteiger charge is -2.10. The smallest absolute Gasteiger partial charge is 0.159 e. The van der Waals surface area contributed by atoms with Crippen molar-refractivity contribution >= 4 is 11.8 Å². The first kappa shape index (κ1) is 11.4. The molecule has 0 aliphatic carbocycles. The van der Waals surface area contributed by atoms with Crippen molar-refractivity contribution in [3.05, 3.63) is 34.9 Å². The first-order valence-electron chi connectivity index (χ1n) is 4.40. The number of ketones is 1. The molecule has 0 aliphatic rings. The van der Waals surface area contributed by atoms with Crippen LogP contribution in [0.25, 0.3) is 0 Å². The molecular weight excluding hydrogens is 196 g/mol. The van der Waals surface area contributed by atoms with Crippen molar-refractivity contribution < 1.29 is 19.4 Å². The summed E-state index contributed by atoms with van der Waals surface area (Å²) in [6, 6.07) is 4.44. The number of hydrogen-bond acceptors (Lipinski definition) is 4. The van der Waals surface area contributed by atoms with E-state index in [1.54, 1.807) is 12.1 Å². The summed E-state index contributed by atoms with van der Waals surface area (Å²) in [6.07, 6.45) is 0. The Hall–Kier alpha value is -1.68. The molecule has 0 bridgehead atoms. The molecule has 1 aromatic carbocycles. The lowest BCUT2D eigenvalue weighted by atomic mass is 10.0. The number of aromatic carboxylic acids is 1. The zero-order valence-electron chi connectivity index (χ0n) is 8.57. The Balaban J connectivity index is 3.20. The molecule has 0 N–H and O–H groups in total. The van der Waals surface area contributed by atoms with Crippen molar-refractivity contribution in [3.63, 3.8) is 0 Å². The molecule has 80 valence electrons. The highest BCUT2D eigenvalue weighted by atomic mass is 16.5. The molecule has 4 nitrogen and oxygen atoms in total. The lowest BCUT2D eigenvalue weighted by molar-refractivity contribution is -0.255. The van der Waals surface area contributed by atoms with Crippen molar-refractivity contribution in [3.8, 4) is 0 Å². The Labute approximate surface area is 87.5 Å². The zero-order valence-corrected chi connectivity index (χ0v) is 8.57. The van der Waals surface area contributed by atoms with Crippen LogP contribution in [0.2, 0.25) is 0 Å². The van der Waals surface area contributed by atoms with Crippen LogP contribution in [0.3, 0.4) is 0 Å². The second-order valence-electron chi connectivity index (χ2n) is 3.15. The van der Waals surface area contributed by atoms with Gasteiger partial charge in [-0.3, -0.25) is 4.79 Å². The number of rotatable bonds is 4. The third-order valence-electron chi connectivity index (χ3n) is 2.04. The van der Waals surface area contributed by atoms with E-state index in [1.165, 1.54) is 20.1 Å². The van der Waals surface area contributed by atoms with E-state index in [0.29, 0.717) is 11.1 Å². The first-order chi connectivity index (χ1) is 7.06. The Kier molecular flexibility index (Phi) is 3.57. The third kappa shape index (κ3) is 2.63. The summed E-state index contributed by atoms with van der Waals surface area (Å²) >= 11 is 0. The van der Waals surface area contributed by atoms with E-state index in [-0.39, 0.29) is 18.0 Å². The topological polar surface area (TPSA) is 66.4 Å². The number of carboxylic acid groups (broad SMARTS) is 1. The number of carbonyl (C=O) groups excluding carboxylic acids is 2. The largest absolute Gasteiger partial charge is 0.545 e. The molecule has 0 amide bonds. The van der Waals surface area contributed by atoms with Crippen LogP contribution in [0.15, 0.2) is 18.2 Å². The second kappa shape index (κ2) is 4.70.